The van der Waals surface area contributed by atoms with Crippen molar-refractivity contribution in [3.63, 3.8) is 0 Å². The Hall–Kier alpha value is -1.79. The van der Waals surface area contributed by atoms with Gasteiger partial charge in [-0.05, 0) is 17.0 Å². The molecule has 0 bridgehead atoms. The van der Waals surface area contributed by atoms with Gasteiger partial charge in [0.1, 0.15) is 5.75 Å². The van der Waals surface area contributed by atoms with Crippen molar-refractivity contribution >= 4 is 34.6 Å². The molecule has 5 nitrogen and oxygen atoms in total. The molecule has 2 aromatic rings. The van der Waals surface area contributed by atoms with E-state index in [4.69, 9.17) is 16.7 Å². The lowest BCUT2D eigenvalue weighted by Gasteiger charge is -2.22. The summed E-state index contributed by atoms with van der Waals surface area (Å²) in [6, 6.07) is 3.32. The van der Waals surface area contributed by atoms with Crippen LogP contribution in [-0.2, 0) is 12.0 Å². The number of thiazole rings is 1. The number of anilines is 1. The van der Waals surface area contributed by atoms with Crippen LogP contribution in [-0.4, -0.2) is 21.2 Å². The van der Waals surface area contributed by atoms with Gasteiger partial charge in [-0.25, -0.2) is 9.78 Å². The molecule has 1 heterocycles. The maximum absolute atomic E-state index is 10.8. The summed E-state index contributed by atoms with van der Waals surface area (Å²) in [5.41, 5.74) is 1.91. The molecule has 2 rings (SSSR count). The molecular formula is C15H17ClN2O3S. The van der Waals surface area contributed by atoms with Crippen molar-refractivity contribution in [2.45, 2.75) is 32.7 Å². The summed E-state index contributed by atoms with van der Waals surface area (Å²) in [4.78, 5) is 14.8. The van der Waals surface area contributed by atoms with Crippen molar-refractivity contribution in [2.75, 3.05) is 5.32 Å². The smallest absolute Gasteiger partial charge is 0.365 e. The van der Waals surface area contributed by atoms with E-state index in [9.17, 15) is 9.90 Å². The van der Waals surface area contributed by atoms with Crippen molar-refractivity contribution < 1.29 is 15.0 Å². The first-order valence-corrected chi connectivity index (χ1v) is 7.89. The largest absolute Gasteiger partial charge is 0.506 e. The summed E-state index contributed by atoms with van der Waals surface area (Å²) < 4.78 is 0. The van der Waals surface area contributed by atoms with Gasteiger partial charge in [-0.2, -0.15) is 0 Å². The Labute approximate surface area is 137 Å². The van der Waals surface area contributed by atoms with Crippen molar-refractivity contribution in [2.24, 2.45) is 0 Å². The number of phenolic OH excluding ortho intramolecular Hbond substituents is 1. The maximum atomic E-state index is 10.8. The van der Waals surface area contributed by atoms with Crippen LogP contribution in [0.5, 0.6) is 5.75 Å². The number of hydrogen-bond acceptors (Lipinski definition) is 5. The summed E-state index contributed by atoms with van der Waals surface area (Å²) in [6.07, 6.45) is 0. The van der Waals surface area contributed by atoms with E-state index in [2.05, 4.69) is 10.3 Å². The average Bonchev–Trinajstić information content (AvgIpc) is 2.85. The summed E-state index contributed by atoms with van der Waals surface area (Å²) >= 11 is 7.25. The molecule has 0 radical (unpaired) electrons. The number of carbonyl (C=O) groups is 1. The number of aromatic nitrogens is 1. The van der Waals surface area contributed by atoms with E-state index in [-0.39, 0.29) is 16.2 Å². The summed E-state index contributed by atoms with van der Waals surface area (Å²) in [7, 11) is 0. The Balaban J connectivity index is 2.20. The van der Waals surface area contributed by atoms with Gasteiger partial charge in [0.25, 0.3) is 0 Å². The number of halogens is 1. The highest BCUT2D eigenvalue weighted by molar-refractivity contribution is 7.11. The van der Waals surface area contributed by atoms with Crippen LogP contribution in [0.2, 0.25) is 5.02 Å². The lowest BCUT2D eigenvalue weighted by molar-refractivity contribution is 0.0696. The fourth-order valence-electron chi connectivity index (χ4n) is 1.95. The third kappa shape index (κ3) is 3.69. The molecule has 22 heavy (non-hydrogen) atoms. The third-order valence-electron chi connectivity index (χ3n) is 3.09. The standard InChI is InChI=1S/C15H17ClN2O3S/c1-15(2,3)9-4-11(12(19)5-10(9)16)17-6-8-7-22-13(18-8)14(20)21/h4-5,7,17,19H,6H2,1-3H3,(H,20,21). The van der Waals surface area contributed by atoms with Gasteiger partial charge in [-0.1, -0.05) is 32.4 Å². The number of aromatic carboxylic acids is 1. The first-order valence-electron chi connectivity index (χ1n) is 6.63. The lowest BCUT2D eigenvalue weighted by atomic mass is 9.86. The second-order valence-electron chi connectivity index (χ2n) is 5.90. The Bertz CT molecular complexity index is 707. The van der Waals surface area contributed by atoms with Crippen LogP contribution in [0.25, 0.3) is 0 Å². The second kappa shape index (κ2) is 6.14. The van der Waals surface area contributed by atoms with Gasteiger partial charge in [0, 0.05) is 16.5 Å². The number of carboxylic acid groups (broad SMARTS) is 1. The molecule has 0 aliphatic carbocycles. The van der Waals surface area contributed by atoms with Gasteiger partial charge < -0.3 is 15.5 Å². The van der Waals surface area contributed by atoms with Gasteiger partial charge in [-0.15, -0.1) is 11.3 Å². The van der Waals surface area contributed by atoms with Crippen LogP contribution in [0.1, 0.15) is 41.8 Å². The number of nitrogens with one attached hydrogen (secondary N) is 1. The molecule has 1 aromatic carbocycles. The second-order valence-corrected chi connectivity index (χ2v) is 7.17. The molecule has 0 saturated heterocycles. The van der Waals surface area contributed by atoms with Gasteiger partial charge in [-0.3, -0.25) is 0 Å². The van der Waals surface area contributed by atoms with E-state index in [1.807, 2.05) is 26.8 Å². The lowest BCUT2D eigenvalue weighted by Crippen LogP contribution is -2.12. The van der Waals surface area contributed by atoms with Crippen LogP contribution in [0.15, 0.2) is 17.5 Å². The van der Waals surface area contributed by atoms with E-state index in [0.717, 1.165) is 16.9 Å². The Morgan fingerprint density at radius 2 is 2.09 bits per heavy atom. The molecule has 0 aliphatic rings. The number of rotatable bonds is 4. The molecule has 0 saturated carbocycles. The van der Waals surface area contributed by atoms with Gasteiger partial charge in [0.2, 0.25) is 5.01 Å². The zero-order chi connectivity index (χ0) is 16.5. The summed E-state index contributed by atoms with van der Waals surface area (Å²) in [5.74, 6) is -0.993. The summed E-state index contributed by atoms with van der Waals surface area (Å²) in [6.45, 7) is 6.43. The highest BCUT2D eigenvalue weighted by Gasteiger charge is 2.20. The number of aromatic hydroxyl groups is 1. The minimum absolute atomic E-state index is 0.0479. The van der Waals surface area contributed by atoms with Crippen LogP contribution < -0.4 is 5.32 Å². The van der Waals surface area contributed by atoms with Crippen molar-refractivity contribution in [3.8, 4) is 5.75 Å². The molecule has 0 amide bonds. The van der Waals surface area contributed by atoms with Gasteiger partial charge >= 0.3 is 5.97 Å². The van der Waals surface area contributed by atoms with Crippen LogP contribution in [0, 0.1) is 0 Å². The van der Waals surface area contributed by atoms with E-state index in [0.29, 0.717) is 22.9 Å². The first-order chi connectivity index (χ1) is 10.2. The Morgan fingerprint density at radius 3 is 2.64 bits per heavy atom. The predicted molar refractivity (Wildman–Crippen MR) is 88.2 cm³/mol. The van der Waals surface area contributed by atoms with Crippen LogP contribution in [0.3, 0.4) is 0 Å². The number of phenols is 1. The molecule has 7 heteroatoms. The van der Waals surface area contributed by atoms with Crippen LogP contribution in [0.4, 0.5) is 5.69 Å². The highest BCUT2D eigenvalue weighted by atomic mass is 35.5. The number of nitrogens with zero attached hydrogens (tertiary/aromatic N) is 1. The molecule has 0 atom stereocenters. The first kappa shape index (κ1) is 16.6. The van der Waals surface area contributed by atoms with Crippen LogP contribution >= 0.6 is 22.9 Å². The topological polar surface area (TPSA) is 82.5 Å². The van der Waals surface area contributed by atoms with Crippen molar-refractivity contribution in [1.29, 1.82) is 0 Å². The predicted octanol–water partition coefficient (Wildman–Crippen LogP) is 4.11. The van der Waals surface area contributed by atoms with Crippen molar-refractivity contribution in [1.82, 2.24) is 4.98 Å². The van der Waals surface area contributed by atoms with Gasteiger partial charge in [0.05, 0.1) is 17.9 Å². The van der Waals surface area contributed by atoms with Crippen molar-refractivity contribution in [3.05, 3.63) is 38.8 Å². The molecule has 0 unspecified atom stereocenters. The molecule has 118 valence electrons. The fourth-order valence-corrected chi connectivity index (χ4v) is 3.05. The monoisotopic (exact) mass is 340 g/mol. The number of carboxylic acids is 1. The minimum atomic E-state index is -1.04. The third-order valence-corrected chi connectivity index (χ3v) is 4.28. The Kier molecular flexibility index (Phi) is 4.63. The average molecular weight is 341 g/mol. The van der Waals surface area contributed by atoms with E-state index < -0.39 is 5.97 Å². The highest BCUT2D eigenvalue weighted by Crippen LogP contribution is 2.37. The zero-order valence-electron chi connectivity index (χ0n) is 12.5. The molecule has 1 aromatic heterocycles. The number of hydrogen-bond donors (Lipinski definition) is 3. The quantitative estimate of drug-likeness (QED) is 0.729. The normalized spacial score (nSPS) is 11.5. The molecule has 0 spiro atoms. The fraction of sp³-hybridized carbons (Fsp3) is 0.333. The minimum Gasteiger partial charge on any atom is -0.506 e. The molecular weight excluding hydrogens is 324 g/mol. The number of benzene rings is 1. The zero-order valence-corrected chi connectivity index (χ0v) is 14.0. The maximum Gasteiger partial charge on any atom is 0.365 e. The molecule has 3 N–H and O–H groups in total. The van der Waals surface area contributed by atoms with E-state index in [1.54, 1.807) is 5.38 Å². The summed E-state index contributed by atoms with van der Waals surface area (Å²) in [5, 5.41) is 24.1. The Morgan fingerprint density at radius 1 is 1.41 bits per heavy atom. The van der Waals surface area contributed by atoms with E-state index in [1.165, 1.54) is 6.07 Å². The molecule has 0 aliphatic heterocycles. The van der Waals surface area contributed by atoms with E-state index >= 15 is 0 Å². The van der Waals surface area contributed by atoms with Gasteiger partial charge in [0.15, 0.2) is 0 Å². The molecule has 0 fully saturated rings. The SMILES string of the molecule is CC(C)(C)c1cc(NCc2csc(C(=O)O)n2)c(O)cc1Cl.